The number of ether oxygens (including phenoxy) is 1. The van der Waals surface area contributed by atoms with Crippen molar-refractivity contribution in [3.8, 4) is 5.75 Å². The molecule has 0 saturated carbocycles. The van der Waals surface area contributed by atoms with Crippen LogP contribution in [-0.4, -0.2) is 58.9 Å². The maximum absolute atomic E-state index is 12.3. The average molecular weight is 369 g/mol. The van der Waals surface area contributed by atoms with Crippen molar-refractivity contribution in [1.82, 2.24) is 24.9 Å². The number of hydrogen-bond donors (Lipinski definition) is 1. The third-order valence-corrected chi connectivity index (χ3v) is 5.40. The van der Waals surface area contributed by atoms with Gasteiger partial charge in [0.05, 0.1) is 18.8 Å². The Hall–Kier alpha value is -2.54. The number of aromatic nitrogens is 2. The minimum atomic E-state index is 0.0495. The van der Waals surface area contributed by atoms with Gasteiger partial charge in [-0.05, 0) is 36.6 Å². The van der Waals surface area contributed by atoms with Crippen molar-refractivity contribution in [2.75, 3.05) is 33.3 Å². The van der Waals surface area contributed by atoms with Crippen LogP contribution in [0.1, 0.15) is 30.1 Å². The van der Waals surface area contributed by atoms with E-state index < -0.39 is 0 Å². The van der Waals surface area contributed by atoms with Gasteiger partial charge in [0, 0.05) is 45.5 Å². The van der Waals surface area contributed by atoms with Crippen molar-refractivity contribution in [3.05, 3.63) is 47.8 Å². The lowest BCUT2D eigenvalue weighted by Crippen LogP contribution is -2.45. The van der Waals surface area contributed by atoms with Gasteiger partial charge in [-0.1, -0.05) is 12.1 Å². The van der Waals surface area contributed by atoms with E-state index in [2.05, 4.69) is 38.2 Å². The number of nitrogens with one attached hydrogen (secondary N) is 1. The number of likely N-dealkylation sites (tertiary alicyclic amines) is 1. The third-order valence-electron chi connectivity index (χ3n) is 5.40. The van der Waals surface area contributed by atoms with Crippen LogP contribution in [-0.2, 0) is 13.1 Å². The zero-order valence-corrected chi connectivity index (χ0v) is 15.8. The van der Waals surface area contributed by atoms with Gasteiger partial charge in [0.25, 0.3) is 0 Å². The van der Waals surface area contributed by atoms with E-state index in [1.54, 1.807) is 7.11 Å². The molecule has 1 N–H and O–H groups in total. The highest BCUT2D eigenvalue weighted by Gasteiger charge is 2.27. The first kappa shape index (κ1) is 17.9. The molecule has 0 unspecified atom stereocenters. The summed E-state index contributed by atoms with van der Waals surface area (Å²) in [7, 11) is 1.68. The number of carbonyl (C=O) groups is 1. The minimum absolute atomic E-state index is 0.0495. The Morgan fingerprint density at radius 3 is 2.74 bits per heavy atom. The highest BCUT2D eigenvalue weighted by Crippen LogP contribution is 2.22. The second kappa shape index (κ2) is 8.00. The molecule has 27 heavy (non-hydrogen) atoms. The van der Waals surface area contributed by atoms with Gasteiger partial charge in [-0.2, -0.15) is 5.10 Å². The molecule has 1 atom stereocenters. The Bertz CT molecular complexity index is 767. The highest BCUT2D eigenvalue weighted by molar-refractivity contribution is 5.74. The van der Waals surface area contributed by atoms with Gasteiger partial charge in [-0.15, -0.1) is 0 Å². The molecule has 2 aromatic rings. The van der Waals surface area contributed by atoms with Gasteiger partial charge < -0.3 is 15.0 Å². The van der Waals surface area contributed by atoms with Crippen LogP contribution in [0.2, 0.25) is 0 Å². The van der Waals surface area contributed by atoms with E-state index >= 15 is 0 Å². The van der Waals surface area contributed by atoms with Gasteiger partial charge in [0.1, 0.15) is 5.75 Å². The fraction of sp³-hybridized carbons (Fsp3) is 0.500. The molecule has 0 aliphatic carbocycles. The molecule has 3 heterocycles. The summed E-state index contributed by atoms with van der Waals surface area (Å²) in [6, 6.07) is 10.5. The van der Waals surface area contributed by atoms with Crippen LogP contribution in [0, 0.1) is 0 Å². The number of nitrogens with zero attached hydrogens (tertiary/aromatic N) is 4. The van der Waals surface area contributed by atoms with Gasteiger partial charge in [-0.3, -0.25) is 9.58 Å². The van der Waals surface area contributed by atoms with Crippen molar-refractivity contribution in [2.24, 2.45) is 0 Å². The number of benzene rings is 1. The van der Waals surface area contributed by atoms with Crippen LogP contribution in [0.25, 0.3) is 0 Å². The smallest absolute Gasteiger partial charge is 0.317 e. The Balaban J connectivity index is 1.39. The average Bonchev–Trinajstić information content (AvgIpc) is 3.38. The topological polar surface area (TPSA) is 62.6 Å². The van der Waals surface area contributed by atoms with E-state index in [4.69, 9.17) is 4.74 Å². The molecule has 1 aromatic carbocycles. The summed E-state index contributed by atoms with van der Waals surface area (Å²) in [6.45, 7) is 4.93. The molecule has 0 bridgehead atoms. The summed E-state index contributed by atoms with van der Waals surface area (Å²) >= 11 is 0. The lowest BCUT2D eigenvalue weighted by atomic mass is 10.1. The van der Waals surface area contributed by atoms with Crippen molar-refractivity contribution < 1.29 is 9.53 Å². The Kier molecular flexibility index (Phi) is 5.29. The zero-order chi connectivity index (χ0) is 18.6. The van der Waals surface area contributed by atoms with Gasteiger partial charge >= 0.3 is 6.03 Å². The molecular weight excluding hydrogens is 342 g/mol. The zero-order valence-electron chi connectivity index (χ0n) is 15.8. The summed E-state index contributed by atoms with van der Waals surface area (Å²) in [5, 5.41) is 7.59. The number of fused-ring (bicyclic) bond motifs is 1. The summed E-state index contributed by atoms with van der Waals surface area (Å²) < 4.78 is 7.30. The molecule has 4 rings (SSSR count). The largest absolute Gasteiger partial charge is 0.497 e. The second-order valence-electron chi connectivity index (χ2n) is 7.32. The molecule has 144 valence electrons. The lowest BCUT2D eigenvalue weighted by molar-refractivity contribution is 0.161. The van der Waals surface area contributed by atoms with Crippen molar-refractivity contribution >= 4 is 6.03 Å². The quantitative estimate of drug-likeness (QED) is 0.878. The Morgan fingerprint density at radius 1 is 1.22 bits per heavy atom. The number of urea groups is 1. The van der Waals surface area contributed by atoms with Crippen LogP contribution in [0.15, 0.2) is 36.5 Å². The van der Waals surface area contributed by atoms with Crippen LogP contribution in [0.5, 0.6) is 5.75 Å². The Labute approximate surface area is 159 Å². The molecule has 2 aliphatic heterocycles. The van der Waals surface area contributed by atoms with Crippen molar-refractivity contribution in [1.29, 1.82) is 0 Å². The monoisotopic (exact) mass is 369 g/mol. The summed E-state index contributed by atoms with van der Waals surface area (Å²) in [5.41, 5.74) is 2.44. The summed E-state index contributed by atoms with van der Waals surface area (Å²) in [6.07, 6.45) is 4.06. The summed E-state index contributed by atoms with van der Waals surface area (Å²) in [4.78, 5) is 16.6. The van der Waals surface area contributed by atoms with Crippen LogP contribution >= 0.6 is 0 Å². The van der Waals surface area contributed by atoms with Gasteiger partial charge in [-0.25, -0.2) is 4.79 Å². The molecular formula is C20H27N5O2. The maximum Gasteiger partial charge on any atom is 0.317 e. The highest BCUT2D eigenvalue weighted by atomic mass is 16.5. The molecule has 1 fully saturated rings. The molecule has 2 amide bonds. The van der Waals surface area contributed by atoms with Crippen LogP contribution in [0.4, 0.5) is 4.79 Å². The predicted molar refractivity (Wildman–Crippen MR) is 103 cm³/mol. The van der Waals surface area contributed by atoms with E-state index in [1.807, 2.05) is 23.2 Å². The molecule has 1 saturated heterocycles. The Morgan fingerprint density at radius 2 is 2.00 bits per heavy atom. The molecule has 2 aliphatic rings. The molecule has 0 radical (unpaired) electrons. The molecule has 7 nitrogen and oxygen atoms in total. The SMILES string of the molecule is COc1ccc(CN2Cc3ccnn3[C@H](CNC(=O)N3CCCC3)C2)cc1. The van der Waals surface area contributed by atoms with Crippen molar-refractivity contribution in [2.45, 2.75) is 32.0 Å². The predicted octanol–water partition coefficient (Wildman–Crippen LogP) is 2.25. The number of rotatable bonds is 5. The minimum Gasteiger partial charge on any atom is -0.497 e. The molecule has 0 spiro atoms. The van der Waals surface area contributed by atoms with E-state index in [-0.39, 0.29) is 12.1 Å². The summed E-state index contributed by atoms with van der Waals surface area (Å²) in [5.74, 6) is 0.873. The normalized spacial score (nSPS) is 19.7. The second-order valence-corrected chi connectivity index (χ2v) is 7.32. The molecule has 7 heteroatoms. The first-order valence-electron chi connectivity index (χ1n) is 9.63. The fourth-order valence-electron chi connectivity index (χ4n) is 3.96. The third kappa shape index (κ3) is 4.08. The van der Waals surface area contributed by atoms with Crippen LogP contribution in [0.3, 0.4) is 0 Å². The number of amides is 2. The maximum atomic E-state index is 12.3. The van der Waals surface area contributed by atoms with E-state index in [1.165, 1.54) is 11.3 Å². The number of methoxy groups -OCH3 is 1. The van der Waals surface area contributed by atoms with Crippen LogP contribution < -0.4 is 10.1 Å². The number of carbonyl (C=O) groups excluding carboxylic acids is 1. The van der Waals surface area contributed by atoms with Crippen molar-refractivity contribution in [3.63, 3.8) is 0 Å². The first-order valence-corrected chi connectivity index (χ1v) is 9.63. The molecule has 1 aromatic heterocycles. The lowest BCUT2D eigenvalue weighted by Gasteiger charge is -2.34. The van der Waals surface area contributed by atoms with Gasteiger partial charge in [0.2, 0.25) is 0 Å². The van der Waals surface area contributed by atoms with E-state index in [0.717, 1.165) is 51.3 Å². The fourth-order valence-corrected chi connectivity index (χ4v) is 3.96. The number of hydrogen-bond acceptors (Lipinski definition) is 4. The van der Waals surface area contributed by atoms with E-state index in [9.17, 15) is 4.79 Å². The standard InChI is InChI=1S/C20H27N5O2/c1-27-19-6-4-16(5-7-19)13-23-14-17-8-9-22-25(17)18(15-23)12-21-20(26)24-10-2-3-11-24/h4-9,18H,2-3,10-15H2,1H3,(H,21,26)/t18-/m1/s1. The van der Waals surface area contributed by atoms with Gasteiger partial charge in [0.15, 0.2) is 0 Å². The van der Waals surface area contributed by atoms with E-state index in [0.29, 0.717) is 6.54 Å². The first-order chi connectivity index (χ1) is 13.2.